The summed E-state index contributed by atoms with van der Waals surface area (Å²) in [5.74, 6) is -0.450. The van der Waals surface area contributed by atoms with E-state index in [2.05, 4.69) is 5.32 Å². The van der Waals surface area contributed by atoms with Crippen molar-refractivity contribution < 1.29 is 22.7 Å². The molecule has 0 radical (unpaired) electrons. The Morgan fingerprint density at radius 3 is 2.23 bits per heavy atom. The summed E-state index contributed by atoms with van der Waals surface area (Å²) in [6, 6.07) is 21.2. The zero-order valence-electron chi connectivity index (χ0n) is 22.3. The standard InChI is InChI=1S/C29H34ClN3O5S/c1-4-18-31-29(35)22(2)32(19-17-23-11-7-5-8-12-23)28(34)21-33(24-15-16-27(38-3)26(30)20-24)39(36,37)25-13-9-6-10-14-25/h5-16,20,22H,4,17-19,21H2,1-3H3,(H,31,35)/t22-/m0/s1. The van der Waals surface area contributed by atoms with Crippen LogP contribution in [0, 0.1) is 0 Å². The van der Waals surface area contributed by atoms with Gasteiger partial charge in [0.2, 0.25) is 11.8 Å². The maximum atomic E-state index is 13.8. The van der Waals surface area contributed by atoms with Crippen LogP contribution in [0.4, 0.5) is 5.69 Å². The maximum Gasteiger partial charge on any atom is 0.264 e. The minimum Gasteiger partial charge on any atom is -0.495 e. The lowest BCUT2D eigenvalue weighted by molar-refractivity contribution is -0.138. The molecule has 0 saturated heterocycles. The molecule has 8 nitrogen and oxygen atoms in total. The van der Waals surface area contributed by atoms with E-state index >= 15 is 0 Å². The molecule has 0 aliphatic rings. The third-order valence-corrected chi connectivity index (χ3v) is 8.32. The Morgan fingerprint density at radius 1 is 1.00 bits per heavy atom. The lowest BCUT2D eigenvalue weighted by Crippen LogP contribution is -2.52. The number of hydrogen-bond donors (Lipinski definition) is 1. The Kier molecular flexibility index (Phi) is 10.8. The predicted molar refractivity (Wildman–Crippen MR) is 154 cm³/mol. The first kappa shape index (κ1) is 30.0. The second kappa shape index (κ2) is 14.0. The van der Waals surface area contributed by atoms with Gasteiger partial charge in [-0.25, -0.2) is 8.42 Å². The van der Waals surface area contributed by atoms with Crippen molar-refractivity contribution in [2.45, 2.75) is 37.6 Å². The third-order valence-electron chi connectivity index (χ3n) is 6.23. The van der Waals surface area contributed by atoms with Gasteiger partial charge in [0.05, 0.1) is 22.7 Å². The Balaban J connectivity index is 1.99. The van der Waals surface area contributed by atoms with Gasteiger partial charge in [0.15, 0.2) is 0 Å². The number of ether oxygens (including phenoxy) is 1. The number of nitrogens with zero attached hydrogens (tertiary/aromatic N) is 2. The van der Waals surface area contributed by atoms with Gasteiger partial charge in [-0.1, -0.05) is 67.1 Å². The van der Waals surface area contributed by atoms with Gasteiger partial charge in [-0.3, -0.25) is 13.9 Å². The fourth-order valence-corrected chi connectivity index (χ4v) is 5.70. The number of hydrogen-bond acceptors (Lipinski definition) is 5. The van der Waals surface area contributed by atoms with Gasteiger partial charge in [-0.15, -0.1) is 0 Å². The molecule has 0 spiro atoms. The van der Waals surface area contributed by atoms with Crippen molar-refractivity contribution in [3.05, 3.63) is 89.4 Å². The van der Waals surface area contributed by atoms with E-state index in [1.807, 2.05) is 37.3 Å². The predicted octanol–water partition coefficient (Wildman–Crippen LogP) is 4.53. The molecule has 0 unspecified atom stereocenters. The number of rotatable bonds is 13. The maximum absolute atomic E-state index is 13.8. The van der Waals surface area contributed by atoms with Gasteiger partial charge in [-0.2, -0.15) is 0 Å². The Labute approximate surface area is 235 Å². The molecule has 0 saturated carbocycles. The molecule has 208 valence electrons. The number of halogens is 1. The smallest absolute Gasteiger partial charge is 0.264 e. The molecular formula is C29H34ClN3O5S. The molecule has 0 aliphatic carbocycles. The van der Waals surface area contributed by atoms with Gasteiger partial charge in [-0.05, 0) is 55.7 Å². The highest BCUT2D eigenvalue weighted by Gasteiger charge is 2.32. The van der Waals surface area contributed by atoms with Crippen molar-refractivity contribution in [2.24, 2.45) is 0 Å². The highest BCUT2D eigenvalue weighted by atomic mass is 35.5. The summed E-state index contributed by atoms with van der Waals surface area (Å²) in [5, 5.41) is 3.03. The van der Waals surface area contributed by atoms with Crippen LogP contribution in [0.25, 0.3) is 0 Å². The first-order valence-electron chi connectivity index (χ1n) is 12.7. The Hall–Kier alpha value is -3.56. The van der Waals surface area contributed by atoms with E-state index in [1.54, 1.807) is 31.2 Å². The van der Waals surface area contributed by atoms with Crippen molar-refractivity contribution in [3.63, 3.8) is 0 Å². The van der Waals surface area contributed by atoms with Crippen molar-refractivity contribution in [2.75, 3.05) is 31.0 Å². The molecule has 10 heteroatoms. The van der Waals surface area contributed by atoms with Crippen LogP contribution in [0.15, 0.2) is 83.8 Å². The Bertz CT molecular complexity index is 1350. The number of amides is 2. The molecule has 0 aromatic heterocycles. The highest BCUT2D eigenvalue weighted by Crippen LogP contribution is 2.32. The van der Waals surface area contributed by atoms with Crippen molar-refractivity contribution in [1.82, 2.24) is 10.2 Å². The summed E-state index contributed by atoms with van der Waals surface area (Å²) in [7, 11) is -2.70. The SMILES string of the molecule is CCCNC(=O)[C@H](C)N(CCc1ccccc1)C(=O)CN(c1ccc(OC)c(Cl)c1)S(=O)(=O)c1ccccc1. The number of carbonyl (C=O) groups excluding carboxylic acids is 2. The first-order valence-corrected chi connectivity index (χ1v) is 14.5. The summed E-state index contributed by atoms with van der Waals surface area (Å²) < 4.78 is 33.8. The summed E-state index contributed by atoms with van der Waals surface area (Å²) in [5.41, 5.74) is 1.19. The molecule has 1 N–H and O–H groups in total. The van der Waals surface area contributed by atoms with Gasteiger partial charge >= 0.3 is 0 Å². The summed E-state index contributed by atoms with van der Waals surface area (Å²) >= 11 is 6.33. The fraction of sp³-hybridized carbons (Fsp3) is 0.310. The van der Waals surface area contributed by atoms with E-state index < -0.39 is 28.5 Å². The zero-order chi connectivity index (χ0) is 28.4. The number of nitrogens with one attached hydrogen (secondary N) is 1. The molecule has 3 aromatic rings. The lowest BCUT2D eigenvalue weighted by Gasteiger charge is -2.32. The third kappa shape index (κ3) is 7.74. The van der Waals surface area contributed by atoms with E-state index in [-0.39, 0.29) is 28.1 Å². The van der Waals surface area contributed by atoms with E-state index in [0.29, 0.717) is 18.7 Å². The zero-order valence-corrected chi connectivity index (χ0v) is 23.9. The molecule has 1 atom stereocenters. The second-order valence-electron chi connectivity index (χ2n) is 8.93. The van der Waals surface area contributed by atoms with Crippen LogP contribution in [0.5, 0.6) is 5.75 Å². The number of sulfonamides is 1. The van der Waals surface area contributed by atoms with E-state index in [4.69, 9.17) is 16.3 Å². The van der Waals surface area contributed by atoms with Crippen LogP contribution in [0.2, 0.25) is 5.02 Å². The average Bonchev–Trinajstić information content (AvgIpc) is 2.95. The summed E-state index contributed by atoms with van der Waals surface area (Å²) in [6.45, 7) is 3.76. The van der Waals surface area contributed by atoms with Gasteiger partial charge < -0.3 is 15.0 Å². The summed E-state index contributed by atoms with van der Waals surface area (Å²) in [6.07, 6.45) is 1.25. The van der Waals surface area contributed by atoms with Crippen LogP contribution >= 0.6 is 11.6 Å². The average molecular weight is 572 g/mol. The number of carbonyl (C=O) groups is 2. The van der Waals surface area contributed by atoms with Crippen LogP contribution < -0.4 is 14.4 Å². The van der Waals surface area contributed by atoms with Gasteiger partial charge in [0, 0.05) is 13.1 Å². The molecule has 2 amide bonds. The van der Waals surface area contributed by atoms with Gasteiger partial charge in [0.25, 0.3) is 10.0 Å². The quantitative estimate of drug-likeness (QED) is 0.325. The molecule has 0 bridgehead atoms. The topological polar surface area (TPSA) is 96.0 Å². The normalized spacial score (nSPS) is 11.9. The molecule has 0 aliphatic heterocycles. The number of methoxy groups -OCH3 is 1. The van der Waals surface area contributed by atoms with E-state index in [1.165, 1.54) is 36.3 Å². The first-order chi connectivity index (χ1) is 18.7. The molecule has 3 aromatic carbocycles. The number of benzene rings is 3. The van der Waals surface area contributed by atoms with E-state index in [0.717, 1.165) is 16.3 Å². The number of anilines is 1. The molecule has 3 rings (SSSR count). The van der Waals surface area contributed by atoms with Crippen molar-refractivity contribution in [3.8, 4) is 5.75 Å². The Morgan fingerprint density at radius 2 is 1.64 bits per heavy atom. The largest absolute Gasteiger partial charge is 0.495 e. The van der Waals surface area contributed by atoms with Crippen LogP contribution in [-0.4, -0.2) is 57.9 Å². The van der Waals surface area contributed by atoms with Crippen LogP contribution in [0.3, 0.4) is 0 Å². The minimum atomic E-state index is -4.16. The lowest BCUT2D eigenvalue weighted by atomic mass is 10.1. The van der Waals surface area contributed by atoms with Crippen LogP contribution in [-0.2, 0) is 26.0 Å². The monoisotopic (exact) mass is 571 g/mol. The highest BCUT2D eigenvalue weighted by molar-refractivity contribution is 7.92. The summed E-state index contributed by atoms with van der Waals surface area (Å²) in [4.78, 5) is 28.2. The molecule has 39 heavy (non-hydrogen) atoms. The molecular weight excluding hydrogens is 538 g/mol. The van der Waals surface area contributed by atoms with Crippen LogP contribution in [0.1, 0.15) is 25.8 Å². The van der Waals surface area contributed by atoms with Crippen molar-refractivity contribution >= 4 is 39.1 Å². The fourth-order valence-electron chi connectivity index (χ4n) is 4.02. The van der Waals surface area contributed by atoms with Crippen molar-refractivity contribution in [1.29, 1.82) is 0 Å². The minimum absolute atomic E-state index is 0.0225. The molecule has 0 heterocycles. The van der Waals surface area contributed by atoms with E-state index in [9.17, 15) is 18.0 Å². The molecule has 0 fully saturated rings. The van der Waals surface area contributed by atoms with Gasteiger partial charge in [0.1, 0.15) is 18.3 Å². The second-order valence-corrected chi connectivity index (χ2v) is 11.2.